The SMILES string of the molecule is C/C1=C\C=C/CN(c2ccc(-c3ccccc3)cc2)c2cccc(N(C3=CC=C(C4=CC=C(c5ccccc5)CC4)CC3)C3C=CC(c4ccc(-c5ccccc5)cc4)=CC3)c21. The minimum atomic E-state index is 0.160. The van der Waals surface area contributed by atoms with Gasteiger partial charge in [-0.15, -0.1) is 0 Å². The van der Waals surface area contributed by atoms with Crippen LogP contribution in [0.2, 0.25) is 0 Å². The summed E-state index contributed by atoms with van der Waals surface area (Å²) in [7, 11) is 0. The number of fused-ring (bicyclic) bond motifs is 1. The van der Waals surface area contributed by atoms with E-state index in [0.717, 1.165) is 38.6 Å². The lowest BCUT2D eigenvalue weighted by Crippen LogP contribution is -2.35. The topological polar surface area (TPSA) is 6.48 Å². The van der Waals surface area contributed by atoms with Crippen LogP contribution in [0.4, 0.5) is 17.1 Å². The molecule has 1 aliphatic heterocycles. The summed E-state index contributed by atoms with van der Waals surface area (Å²) in [5.74, 6) is 0. The quantitative estimate of drug-likeness (QED) is 0.144. The monoisotopic (exact) mass is 800 g/mol. The van der Waals surface area contributed by atoms with Gasteiger partial charge < -0.3 is 9.80 Å². The molecule has 1 heterocycles. The Kier molecular flexibility index (Phi) is 11.2. The number of rotatable bonds is 9. The van der Waals surface area contributed by atoms with Gasteiger partial charge in [0.05, 0.1) is 17.4 Å². The van der Waals surface area contributed by atoms with Crippen LogP contribution >= 0.6 is 0 Å². The highest BCUT2D eigenvalue weighted by Gasteiger charge is 2.29. The van der Waals surface area contributed by atoms with E-state index in [9.17, 15) is 0 Å². The van der Waals surface area contributed by atoms with Crippen molar-refractivity contribution in [3.8, 4) is 22.3 Å². The Bertz CT molecular complexity index is 2810. The smallest absolute Gasteiger partial charge is 0.0557 e. The first kappa shape index (κ1) is 39.0. The van der Waals surface area contributed by atoms with Gasteiger partial charge in [-0.25, -0.2) is 0 Å². The van der Waals surface area contributed by atoms with Crippen LogP contribution in [0, 0.1) is 0 Å². The fraction of sp³-hybridized carbons (Fsp3) is 0.133. The average Bonchev–Trinajstić information content (AvgIpc) is 3.35. The molecule has 0 fully saturated rings. The molecule has 0 saturated heterocycles. The van der Waals surface area contributed by atoms with Crippen molar-refractivity contribution in [1.29, 1.82) is 0 Å². The van der Waals surface area contributed by atoms with E-state index in [1.54, 1.807) is 0 Å². The van der Waals surface area contributed by atoms with E-state index in [2.05, 4.69) is 235 Å². The summed E-state index contributed by atoms with van der Waals surface area (Å²) in [5.41, 5.74) is 20.8. The largest absolute Gasteiger partial charge is 0.337 e. The van der Waals surface area contributed by atoms with Crippen molar-refractivity contribution < 1.29 is 0 Å². The maximum absolute atomic E-state index is 2.66. The molecular formula is C60H52N2. The summed E-state index contributed by atoms with van der Waals surface area (Å²) in [6.45, 7) is 3.06. The first-order valence-corrected chi connectivity index (χ1v) is 22.2. The van der Waals surface area contributed by atoms with Crippen molar-refractivity contribution in [1.82, 2.24) is 0 Å². The van der Waals surface area contributed by atoms with Crippen LogP contribution in [0.15, 0.2) is 235 Å². The molecule has 1 unspecified atom stereocenters. The number of nitrogens with zero attached hydrogens (tertiary/aromatic N) is 2. The highest BCUT2D eigenvalue weighted by atomic mass is 15.2. The first-order valence-electron chi connectivity index (χ1n) is 22.2. The molecule has 3 aliphatic carbocycles. The summed E-state index contributed by atoms with van der Waals surface area (Å²) >= 11 is 0. The molecule has 2 heteroatoms. The summed E-state index contributed by atoms with van der Waals surface area (Å²) < 4.78 is 0. The van der Waals surface area contributed by atoms with E-state index >= 15 is 0 Å². The third-order valence-electron chi connectivity index (χ3n) is 12.9. The molecule has 0 radical (unpaired) electrons. The van der Waals surface area contributed by atoms with Crippen molar-refractivity contribution in [3.05, 3.63) is 252 Å². The summed E-state index contributed by atoms with van der Waals surface area (Å²) in [5, 5.41) is 0. The minimum Gasteiger partial charge on any atom is -0.337 e. The van der Waals surface area contributed by atoms with E-state index in [1.807, 2.05) is 0 Å². The maximum atomic E-state index is 2.66. The standard InChI is InChI=1S/C60H52N2/c1-44-14-11-12-43-61(55-37-31-52(32-38-55)47-19-9-4-10-20-47)58-21-13-22-59(60(44)58)62(56-39-33-53(34-40-56)50-27-23-48(24-28-50)45-15-5-2-6-16-45)57-41-35-54(36-42-57)51-29-25-49(26-30-51)46-17-7-3-8-18-46/h2-25,27-29,31-35,37-39,41,56H,26,30,36,40,42-43H2,1H3/b12-11-,44-14+. The number of anilines is 3. The third-order valence-corrected chi connectivity index (χ3v) is 12.9. The highest BCUT2D eigenvalue weighted by Crippen LogP contribution is 2.45. The molecule has 0 bridgehead atoms. The Hall–Kier alpha value is -7.16. The van der Waals surface area contributed by atoms with Crippen molar-refractivity contribution in [2.24, 2.45) is 0 Å². The van der Waals surface area contributed by atoms with Gasteiger partial charge in [0.25, 0.3) is 0 Å². The normalized spacial score (nSPS) is 18.7. The molecule has 2 nitrogen and oxygen atoms in total. The number of allylic oxidation sites excluding steroid dienone is 13. The molecule has 62 heavy (non-hydrogen) atoms. The molecular weight excluding hydrogens is 749 g/mol. The minimum absolute atomic E-state index is 0.160. The van der Waals surface area contributed by atoms with Crippen molar-refractivity contribution in [2.45, 2.75) is 45.1 Å². The van der Waals surface area contributed by atoms with Crippen molar-refractivity contribution in [3.63, 3.8) is 0 Å². The van der Waals surface area contributed by atoms with Crippen LogP contribution in [0.3, 0.4) is 0 Å². The lowest BCUT2D eigenvalue weighted by molar-refractivity contribution is 0.713. The Balaban J connectivity index is 1.01. The Morgan fingerprint density at radius 3 is 1.66 bits per heavy atom. The average molecular weight is 801 g/mol. The second-order valence-corrected chi connectivity index (χ2v) is 16.7. The zero-order valence-corrected chi connectivity index (χ0v) is 35.5. The van der Waals surface area contributed by atoms with Gasteiger partial charge in [0.15, 0.2) is 0 Å². The molecule has 0 spiro atoms. The van der Waals surface area contributed by atoms with E-state index in [1.165, 1.54) is 89.6 Å². The fourth-order valence-electron chi connectivity index (χ4n) is 9.57. The molecule has 0 amide bonds. The van der Waals surface area contributed by atoms with Crippen LogP contribution in [0.5, 0.6) is 0 Å². The molecule has 0 saturated carbocycles. The molecule has 0 aromatic heterocycles. The Morgan fingerprint density at radius 2 is 1.06 bits per heavy atom. The summed E-state index contributed by atoms with van der Waals surface area (Å²) in [4.78, 5) is 5.14. The second-order valence-electron chi connectivity index (χ2n) is 16.7. The third kappa shape index (κ3) is 8.17. The zero-order valence-electron chi connectivity index (χ0n) is 35.5. The van der Waals surface area contributed by atoms with Gasteiger partial charge in [-0.3, -0.25) is 0 Å². The summed E-state index contributed by atoms with van der Waals surface area (Å²) in [6.07, 6.45) is 28.7. The van der Waals surface area contributed by atoms with Gasteiger partial charge in [0.1, 0.15) is 0 Å². The van der Waals surface area contributed by atoms with Gasteiger partial charge in [0, 0.05) is 23.5 Å². The van der Waals surface area contributed by atoms with Gasteiger partial charge in [-0.05, 0) is 131 Å². The van der Waals surface area contributed by atoms with Crippen molar-refractivity contribution in [2.75, 3.05) is 16.3 Å². The summed E-state index contributed by atoms with van der Waals surface area (Å²) in [6, 6.07) is 57.3. The number of hydrogen-bond donors (Lipinski definition) is 0. The van der Waals surface area contributed by atoms with Gasteiger partial charge in [-0.1, -0.05) is 188 Å². The molecule has 6 aromatic carbocycles. The lowest BCUT2D eigenvalue weighted by Gasteiger charge is -2.39. The molecule has 4 aliphatic rings. The Labute approximate surface area is 367 Å². The molecule has 10 rings (SSSR count). The number of benzene rings is 6. The van der Waals surface area contributed by atoms with Gasteiger partial charge in [0.2, 0.25) is 0 Å². The molecule has 302 valence electrons. The second kappa shape index (κ2) is 17.8. The predicted molar refractivity (Wildman–Crippen MR) is 265 cm³/mol. The van der Waals surface area contributed by atoms with Gasteiger partial charge >= 0.3 is 0 Å². The van der Waals surface area contributed by atoms with E-state index in [4.69, 9.17) is 0 Å². The van der Waals surface area contributed by atoms with E-state index in [0.29, 0.717) is 0 Å². The number of hydrogen-bond acceptors (Lipinski definition) is 2. The molecule has 6 aromatic rings. The van der Waals surface area contributed by atoms with Crippen LogP contribution in [0.1, 0.15) is 55.7 Å². The zero-order chi connectivity index (χ0) is 41.7. The van der Waals surface area contributed by atoms with Crippen LogP contribution in [-0.2, 0) is 0 Å². The lowest BCUT2D eigenvalue weighted by atomic mass is 9.86. The van der Waals surface area contributed by atoms with Crippen molar-refractivity contribution >= 4 is 33.8 Å². The van der Waals surface area contributed by atoms with Crippen LogP contribution in [0.25, 0.3) is 39.0 Å². The molecule has 1 atom stereocenters. The predicted octanol–water partition coefficient (Wildman–Crippen LogP) is 15.8. The van der Waals surface area contributed by atoms with E-state index < -0.39 is 0 Å². The van der Waals surface area contributed by atoms with E-state index in [-0.39, 0.29) is 6.04 Å². The van der Waals surface area contributed by atoms with Crippen LogP contribution in [-0.4, -0.2) is 12.6 Å². The first-order chi connectivity index (χ1) is 30.7. The fourth-order valence-corrected chi connectivity index (χ4v) is 9.57. The molecule has 0 N–H and O–H groups in total. The van der Waals surface area contributed by atoms with Gasteiger partial charge in [-0.2, -0.15) is 0 Å². The maximum Gasteiger partial charge on any atom is 0.0557 e. The Morgan fingerprint density at radius 1 is 0.500 bits per heavy atom. The highest BCUT2D eigenvalue weighted by molar-refractivity contribution is 5.90. The van der Waals surface area contributed by atoms with Crippen LogP contribution < -0.4 is 9.80 Å².